The fourth-order valence-electron chi connectivity index (χ4n) is 2.91. The fraction of sp³-hybridized carbons (Fsp3) is 0.500. The summed E-state index contributed by atoms with van der Waals surface area (Å²) in [5.74, 6) is 0.857. The average Bonchev–Trinajstić information content (AvgIpc) is 2.74. The van der Waals surface area contributed by atoms with Gasteiger partial charge in [-0.05, 0) is 38.1 Å². The first-order valence-electron chi connectivity index (χ1n) is 7.70. The molecule has 126 valence electrons. The minimum Gasteiger partial charge on any atom is -0.339 e. The Labute approximate surface area is 147 Å². The van der Waals surface area contributed by atoms with Gasteiger partial charge in [0.2, 0.25) is 5.91 Å². The molecule has 2 heterocycles. The SMILES string of the molecule is CNC1CCN(C(=O)c2ccc3c(c2)NC(=O)CCS3)CC1.Cl. The van der Waals surface area contributed by atoms with Crippen molar-refractivity contribution < 1.29 is 9.59 Å². The summed E-state index contributed by atoms with van der Waals surface area (Å²) in [6.45, 7) is 1.56. The first kappa shape index (κ1) is 18.1. The third-order valence-electron chi connectivity index (χ3n) is 4.28. The van der Waals surface area contributed by atoms with E-state index in [9.17, 15) is 9.59 Å². The second-order valence-electron chi connectivity index (χ2n) is 5.71. The van der Waals surface area contributed by atoms with E-state index in [0.29, 0.717) is 18.0 Å². The molecular formula is C16H22ClN3O2S. The molecule has 1 aromatic rings. The van der Waals surface area contributed by atoms with Crippen molar-refractivity contribution >= 4 is 41.7 Å². The molecule has 0 saturated carbocycles. The Hall–Kier alpha value is -1.24. The quantitative estimate of drug-likeness (QED) is 0.855. The van der Waals surface area contributed by atoms with E-state index in [4.69, 9.17) is 0 Å². The molecule has 0 unspecified atom stereocenters. The Kier molecular flexibility index (Phi) is 6.33. The molecule has 0 atom stereocenters. The van der Waals surface area contributed by atoms with E-state index in [0.717, 1.165) is 42.3 Å². The zero-order valence-corrected chi connectivity index (χ0v) is 14.8. The normalized spacial score (nSPS) is 18.5. The lowest BCUT2D eigenvalue weighted by molar-refractivity contribution is -0.115. The monoisotopic (exact) mass is 355 g/mol. The van der Waals surface area contributed by atoms with Gasteiger partial charge in [-0.3, -0.25) is 9.59 Å². The second-order valence-corrected chi connectivity index (χ2v) is 6.85. The smallest absolute Gasteiger partial charge is 0.253 e. The number of likely N-dealkylation sites (tertiary alicyclic amines) is 1. The molecule has 0 aromatic heterocycles. The molecule has 7 heteroatoms. The molecule has 2 aliphatic heterocycles. The number of rotatable bonds is 2. The maximum absolute atomic E-state index is 12.6. The van der Waals surface area contributed by atoms with Crippen LogP contribution in [0.15, 0.2) is 23.1 Å². The van der Waals surface area contributed by atoms with Gasteiger partial charge in [-0.2, -0.15) is 0 Å². The highest BCUT2D eigenvalue weighted by atomic mass is 35.5. The standard InChI is InChI=1S/C16H21N3O2S.ClH/c1-17-12-4-7-19(8-5-12)16(21)11-2-3-14-13(10-11)18-15(20)6-9-22-14;/h2-3,10,12,17H,4-9H2,1H3,(H,18,20);1H. The summed E-state index contributed by atoms with van der Waals surface area (Å²) < 4.78 is 0. The number of carbonyl (C=O) groups is 2. The van der Waals surface area contributed by atoms with E-state index in [1.54, 1.807) is 11.8 Å². The van der Waals surface area contributed by atoms with Crippen molar-refractivity contribution in [2.45, 2.75) is 30.2 Å². The molecule has 5 nitrogen and oxygen atoms in total. The number of anilines is 1. The van der Waals surface area contributed by atoms with Crippen LogP contribution in [0.25, 0.3) is 0 Å². The minimum atomic E-state index is 0. The van der Waals surface area contributed by atoms with E-state index in [2.05, 4.69) is 10.6 Å². The summed E-state index contributed by atoms with van der Waals surface area (Å²) in [4.78, 5) is 27.2. The summed E-state index contributed by atoms with van der Waals surface area (Å²) >= 11 is 1.66. The number of hydrogen-bond donors (Lipinski definition) is 2. The zero-order valence-electron chi connectivity index (χ0n) is 13.1. The van der Waals surface area contributed by atoms with Crippen molar-refractivity contribution in [1.29, 1.82) is 0 Å². The highest BCUT2D eigenvalue weighted by molar-refractivity contribution is 7.99. The summed E-state index contributed by atoms with van der Waals surface area (Å²) in [5.41, 5.74) is 1.42. The number of thioether (sulfide) groups is 1. The molecule has 0 bridgehead atoms. The molecule has 2 N–H and O–H groups in total. The number of amides is 2. The van der Waals surface area contributed by atoms with E-state index in [-0.39, 0.29) is 24.2 Å². The number of fused-ring (bicyclic) bond motifs is 1. The predicted molar refractivity (Wildman–Crippen MR) is 95.6 cm³/mol. The Morgan fingerprint density at radius 1 is 1.35 bits per heavy atom. The summed E-state index contributed by atoms with van der Waals surface area (Å²) in [7, 11) is 1.97. The topological polar surface area (TPSA) is 61.4 Å². The summed E-state index contributed by atoms with van der Waals surface area (Å²) in [6, 6.07) is 6.14. The van der Waals surface area contributed by atoms with Crippen LogP contribution in [0.5, 0.6) is 0 Å². The molecule has 1 fully saturated rings. The van der Waals surface area contributed by atoms with Crippen molar-refractivity contribution in [2.24, 2.45) is 0 Å². The lowest BCUT2D eigenvalue weighted by atomic mass is 10.0. The van der Waals surface area contributed by atoms with Crippen LogP contribution in [0.3, 0.4) is 0 Å². The van der Waals surface area contributed by atoms with Crippen LogP contribution >= 0.6 is 24.2 Å². The van der Waals surface area contributed by atoms with Crippen molar-refractivity contribution in [2.75, 3.05) is 31.2 Å². The number of carbonyl (C=O) groups excluding carboxylic acids is 2. The van der Waals surface area contributed by atoms with E-state index in [1.165, 1.54) is 0 Å². The van der Waals surface area contributed by atoms with Crippen molar-refractivity contribution in [3.63, 3.8) is 0 Å². The van der Waals surface area contributed by atoms with Gasteiger partial charge in [-0.15, -0.1) is 24.2 Å². The van der Waals surface area contributed by atoms with Gasteiger partial charge in [0.1, 0.15) is 0 Å². The number of hydrogen-bond acceptors (Lipinski definition) is 4. The molecular weight excluding hydrogens is 334 g/mol. The molecule has 0 radical (unpaired) electrons. The third kappa shape index (κ3) is 4.19. The van der Waals surface area contributed by atoms with Gasteiger partial charge in [0.05, 0.1) is 5.69 Å². The van der Waals surface area contributed by atoms with Gasteiger partial charge in [0.25, 0.3) is 5.91 Å². The average molecular weight is 356 g/mol. The fourth-order valence-corrected chi connectivity index (χ4v) is 3.84. The third-order valence-corrected chi connectivity index (χ3v) is 5.35. The van der Waals surface area contributed by atoms with Gasteiger partial charge in [-0.25, -0.2) is 0 Å². The van der Waals surface area contributed by atoms with E-state index < -0.39 is 0 Å². The molecule has 0 spiro atoms. The first-order valence-corrected chi connectivity index (χ1v) is 8.69. The predicted octanol–water partition coefficient (Wildman–Crippen LogP) is 2.37. The van der Waals surface area contributed by atoms with Crippen LogP contribution in [0.4, 0.5) is 5.69 Å². The van der Waals surface area contributed by atoms with Crippen LogP contribution in [0.1, 0.15) is 29.6 Å². The van der Waals surface area contributed by atoms with Gasteiger partial charge < -0.3 is 15.5 Å². The van der Waals surface area contributed by atoms with Crippen molar-refractivity contribution in [3.8, 4) is 0 Å². The van der Waals surface area contributed by atoms with Gasteiger partial charge in [0, 0.05) is 41.8 Å². The number of nitrogens with zero attached hydrogens (tertiary/aromatic N) is 1. The van der Waals surface area contributed by atoms with Crippen molar-refractivity contribution in [1.82, 2.24) is 10.2 Å². The maximum Gasteiger partial charge on any atom is 0.253 e. The number of benzene rings is 1. The number of nitrogens with one attached hydrogen (secondary N) is 2. The Bertz CT molecular complexity index is 589. The second kappa shape index (κ2) is 8.04. The number of piperidine rings is 1. The minimum absolute atomic E-state index is 0. The van der Waals surface area contributed by atoms with Crippen LogP contribution in [-0.4, -0.2) is 48.6 Å². The lowest BCUT2D eigenvalue weighted by Gasteiger charge is -2.32. The summed E-state index contributed by atoms with van der Waals surface area (Å²) in [6.07, 6.45) is 2.49. The van der Waals surface area contributed by atoms with Crippen LogP contribution in [0, 0.1) is 0 Å². The highest BCUT2D eigenvalue weighted by Crippen LogP contribution is 2.32. The van der Waals surface area contributed by atoms with Gasteiger partial charge in [-0.1, -0.05) is 0 Å². The van der Waals surface area contributed by atoms with E-state index in [1.807, 2.05) is 30.1 Å². The van der Waals surface area contributed by atoms with Gasteiger partial charge >= 0.3 is 0 Å². The first-order chi connectivity index (χ1) is 10.7. The van der Waals surface area contributed by atoms with Crippen LogP contribution in [0.2, 0.25) is 0 Å². The van der Waals surface area contributed by atoms with Gasteiger partial charge in [0.15, 0.2) is 0 Å². The Balaban J connectivity index is 0.00000192. The molecule has 0 aliphatic carbocycles. The van der Waals surface area contributed by atoms with E-state index >= 15 is 0 Å². The highest BCUT2D eigenvalue weighted by Gasteiger charge is 2.24. The number of halogens is 1. The zero-order chi connectivity index (χ0) is 15.5. The molecule has 3 rings (SSSR count). The summed E-state index contributed by atoms with van der Waals surface area (Å²) in [5, 5.41) is 6.16. The maximum atomic E-state index is 12.6. The Morgan fingerprint density at radius 2 is 2.09 bits per heavy atom. The molecule has 2 aliphatic rings. The lowest BCUT2D eigenvalue weighted by Crippen LogP contribution is -2.43. The Morgan fingerprint density at radius 3 is 2.78 bits per heavy atom. The van der Waals surface area contributed by atoms with Crippen molar-refractivity contribution in [3.05, 3.63) is 23.8 Å². The molecule has 23 heavy (non-hydrogen) atoms. The molecule has 1 aromatic carbocycles. The largest absolute Gasteiger partial charge is 0.339 e. The van der Waals surface area contributed by atoms with Crippen LogP contribution < -0.4 is 10.6 Å². The van der Waals surface area contributed by atoms with Crippen LogP contribution in [-0.2, 0) is 4.79 Å². The molecule has 1 saturated heterocycles. The molecule has 2 amide bonds.